The highest BCUT2D eigenvalue weighted by atomic mass is 32.2. The van der Waals surface area contributed by atoms with E-state index in [2.05, 4.69) is 5.32 Å². The van der Waals surface area contributed by atoms with Gasteiger partial charge in [0.1, 0.15) is 12.1 Å². The van der Waals surface area contributed by atoms with E-state index in [0.717, 1.165) is 0 Å². The van der Waals surface area contributed by atoms with Crippen LogP contribution in [0, 0.1) is 0 Å². The number of carbonyl (C=O) groups excluding carboxylic acids is 3. The quantitative estimate of drug-likeness (QED) is 0.627. The minimum absolute atomic E-state index is 0.110. The third-order valence-electron chi connectivity index (χ3n) is 2.79. The first kappa shape index (κ1) is 11.3. The number of thioether (sulfide) groups is 1. The van der Waals surface area contributed by atoms with Gasteiger partial charge in [-0.3, -0.25) is 14.4 Å². The lowest BCUT2D eigenvalue weighted by molar-refractivity contribution is -0.138. The predicted molar refractivity (Wildman–Crippen MR) is 58.3 cm³/mol. The Balaban J connectivity index is 2.03. The molecule has 2 aliphatic heterocycles. The van der Waals surface area contributed by atoms with Crippen molar-refractivity contribution >= 4 is 29.5 Å². The van der Waals surface area contributed by atoms with E-state index in [1.165, 1.54) is 16.7 Å². The molecule has 0 aromatic carbocycles. The Hall–Kier alpha value is -1.24. The van der Waals surface area contributed by atoms with Gasteiger partial charge in [0.25, 0.3) is 0 Å². The molecule has 2 saturated heterocycles. The molecule has 2 fully saturated rings. The molecule has 16 heavy (non-hydrogen) atoms. The zero-order chi connectivity index (χ0) is 11.7. The Morgan fingerprint density at radius 3 is 2.81 bits per heavy atom. The molecule has 0 spiro atoms. The van der Waals surface area contributed by atoms with Crippen molar-refractivity contribution in [2.24, 2.45) is 5.73 Å². The van der Waals surface area contributed by atoms with E-state index in [-0.39, 0.29) is 11.8 Å². The number of primary amides is 1. The Morgan fingerprint density at radius 2 is 2.25 bits per heavy atom. The number of rotatable bonds is 2. The molecule has 6 nitrogen and oxygen atoms in total. The Morgan fingerprint density at radius 1 is 1.50 bits per heavy atom. The largest absolute Gasteiger partial charge is 0.368 e. The molecule has 0 bridgehead atoms. The molecule has 0 aromatic heterocycles. The fourth-order valence-corrected chi connectivity index (χ4v) is 3.07. The van der Waals surface area contributed by atoms with Crippen LogP contribution in [-0.2, 0) is 14.4 Å². The second-order valence-corrected chi connectivity index (χ2v) is 4.88. The van der Waals surface area contributed by atoms with Gasteiger partial charge in [0.15, 0.2) is 0 Å². The highest BCUT2D eigenvalue weighted by molar-refractivity contribution is 7.99. The number of hydrogen-bond acceptors (Lipinski definition) is 4. The minimum Gasteiger partial charge on any atom is -0.368 e. The number of nitrogens with zero attached hydrogens (tertiary/aromatic N) is 1. The molecular weight excluding hydrogens is 230 g/mol. The van der Waals surface area contributed by atoms with Crippen molar-refractivity contribution in [1.82, 2.24) is 10.2 Å². The number of nitrogens with two attached hydrogens (primary N) is 1. The minimum atomic E-state index is -0.532. The van der Waals surface area contributed by atoms with Crippen molar-refractivity contribution in [3.05, 3.63) is 0 Å². The Bertz CT molecular complexity index is 347. The van der Waals surface area contributed by atoms with Gasteiger partial charge in [0.05, 0.1) is 5.88 Å². The molecule has 0 saturated carbocycles. The van der Waals surface area contributed by atoms with Crippen molar-refractivity contribution in [3.63, 3.8) is 0 Å². The lowest BCUT2D eigenvalue weighted by Crippen LogP contribution is -2.51. The van der Waals surface area contributed by atoms with Crippen LogP contribution in [0.25, 0.3) is 0 Å². The summed E-state index contributed by atoms with van der Waals surface area (Å²) in [6, 6.07) is -1.01. The molecule has 2 aliphatic rings. The van der Waals surface area contributed by atoms with Crippen LogP contribution >= 0.6 is 11.8 Å². The number of nitrogens with one attached hydrogen (secondary N) is 1. The van der Waals surface area contributed by atoms with E-state index < -0.39 is 18.0 Å². The standard InChI is InChI=1S/C9H13N3O3S/c10-8(14)6-3-16-4-12(6)9(15)5-1-2-7(13)11-5/h5-6H,1-4H2,(H2,10,14)(H,11,13)/t5-,6?/m0/s1. The number of carbonyl (C=O) groups is 3. The van der Waals surface area contributed by atoms with Gasteiger partial charge < -0.3 is 16.0 Å². The van der Waals surface area contributed by atoms with Crippen LogP contribution in [0.3, 0.4) is 0 Å². The molecule has 2 heterocycles. The molecule has 3 amide bonds. The van der Waals surface area contributed by atoms with Gasteiger partial charge in [-0.25, -0.2) is 0 Å². The van der Waals surface area contributed by atoms with Gasteiger partial charge in [-0.05, 0) is 6.42 Å². The van der Waals surface area contributed by atoms with Crippen molar-refractivity contribution in [2.75, 3.05) is 11.6 Å². The molecule has 7 heteroatoms. The summed E-state index contributed by atoms with van der Waals surface area (Å²) in [5, 5.41) is 2.60. The maximum absolute atomic E-state index is 12.0. The van der Waals surface area contributed by atoms with Gasteiger partial charge >= 0.3 is 0 Å². The average molecular weight is 243 g/mol. The van der Waals surface area contributed by atoms with Gasteiger partial charge in [-0.2, -0.15) is 0 Å². The second kappa shape index (κ2) is 4.32. The van der Waals surface area contributed by atoms with E-state index in [4.69, 9.17) is 5.73 Å². The van der Waals surface area contributed by atoms with Crippen molar-refractivity contribution < 1.29 is 14.4 Å². The fraction of sp³-hybridized carbons (Fsp3) is 0.667. The summed E-state index contributed by atoms with van der Waals surface area (Å²) in [7, 11) is 0. The van der Waals surface area contributed by atoms with Crippen LogP contribution in [0.15, 0.2) is 0 Å². The summed E-state index contributed by atoms with van der Waals surface area (Å²) in [5.41, 5.74) is 5.22. The van der Waals surface area contributed by atoms with Gasteiger partial charge in [0.2, 0.25) is 17.7 Å². The van der Waals surface area contributed by atoms with Crippen molar-refractivity contribution in [1.29, 1.82) is 0 Å². The predicted octanol–water partition coefficient (Wildman–Crippen LogP) is -1.35. The zero-order valence-electron chi connectivity index (χ0n) is 8.64. The van der Waals surface area contributed by atoms with E-state index in [0.29, 0.717) is 24.5 Å². The molecule has 2 rings (SSSR count). The Labute approximate surface area is 96.9 Å². The van der Waals surface area contributed by atoms with E-state index in [1.54, 1.807) is 0 Å². The van der Waals surface area contributed by atoms with E-state index in [1.807, 2.05) is 0 Å². The first-order valence-corrected chi connectivity index (χ1v) is 6.22. The number of amides is 3. The number of hydrogen-bond donors (Lipinski definition) is 2. The first-order chi connectivity index (χ1) is 7.59. The van der Waals surface area contributed by atoms with E-state index >= 15 is 0 Å². The van der Waals surface area contributed by atoms with Gasteiger partial charge in [-0.15, -0.1) is 11.8 Å². The molecule has 1 unspecified atom stereocenters. The molecule has 0 radical (unpaired) electrons. The van der Waals surface area contributed by atoms with Crippen LogP contribution in [-0.4, -0.2) is 46.3 Å². The van der Waals surface area contributed by atoms with Gasteiger partial charge in [0, 0.05) is 12.2 Å². The summed E-state index contributed by atoms with van der Waals surface area (Å²) >= 11 is 1.50. The van der Waals surface area contributed by atoms with Crippen molar-refractivity contribution in [3.8, 4) is 0 Å². The lowest BCUT2D eigenvalue weighted by atomic mass is 10.2. The summed E-state index contributed by atoms with van der Waals surface area (Å²) in [4.78, 5) is 35.6. The molecular formula is C9H13N3O3S. The average Bonchev–Trinajstić information content (AvgIpc) is 2.84. The molecule has 2 atom stereocenters. The third-order valence-corrected chi connectivity index (χ3v) is 3.80. The molecule has 0 aromatic rings. The van der Waals surface area contributed by atoms with E-state index in [9.17, 15) is 14.4 Å². The summed E-state index contributed by atoms with van der Waals surface area (Å²) in [5.74, 6) is 0.226. The summed E-state index contributed by atoms with van der Waals surface area (Å²) in [6.45, 7) is 0. The van der Waals surface area contributed by atoms with Crippen LogP contribution in [0.1, 0.15) is 12.8 Å². The van der Waals surface area contributed by atoms with Crippen LogP contribution < -0.4 is 11.1 Å². The first-order valence-electron chi connectivity index (χ1n) is 5.06. The van der Waals surface area contributed by atoms with Crippen molar-refractivity contribution in [2.45, 2.75) is 24.9 Å². The highest BCUT2D eigenvalue weighted by Crippen LogP contribution is 2.23. The normalized spacial score (nSPS) is 29.2. The summed E-state index contributed by atoms with van der Waals surface area (Å²) in [6.07, 6.45) is 0.878. The fourth-order valence-electron chi connectivity index (χ4n) is 1.90. The van der Waals surface area contributed by atoms with Crippen LogP contribution in [0.4, 0.5) is 0 Å². The third kappa shape index (κ3) is 1.99. The SMILES string of the molecule is NC(=O)C1CSCN1C(=O)[C@@H]1CCC(=O)N1. The van der Waals surface area contributed by atoms with Crippen LogP contribution in [0.2, 0.25) is 0 Å². The Kier molecular flexibility index (Phi) is 3.04. The summed E-state index contributed by atoms with van der Waals surface area (Å²) < 4.78 is 0. The maximum atomic E-state index is 12.0. The maximum Gasteiger partial charge on any atom is 0.246 e. The second-order valence-electron chi connectivity index (χ2n) is 3.88. The monoisotopic (exact) mass is 243 g/mol. The van der Waals surface area contributed by atoms with Crippen LogP contribution in [0.5, 0.6) is 0 Å². The highest BCUT2D eigenvalue weighted by Gasteiger charge is 2.38. The molecule has 88 valence electrons. The smallest absolute Gasteiger partial charge is 0.246 e. The lowest BCUT2D eigenvalue weighted by Gasteiger charge is -2.24. The zero-order valence-corrected chi connectivity index (χ0v) is 9.46. The molecule has 0 aliphatic carbocycles. The van der Waals surface area contributed by atoms with Gasteiger partial charge in [-0.1, -0.05) is 0 Å². The molecule has 3 N–H and O–H groups in total. The topological polar surface area (TPSA) is 92.5 Å².